The maximum atomic E-state index is 13.0. The molecule has 0 radical (unpaired) electrons. The van der Waals surface area contributed by atoms with E-state index in [9.17, 15) is 14.4 Å². The molecule has 1 saturated carbocycles. The van der Waals surface area contributed by atoms with Gasteiger partial charge in [-0.2, -0.15) is 0 Å². The number of benzene rings is 2. The second kappa shape index (κ2) is 20.4. The lowest BCUT2D eigenvalue weighted by molar-refractivity contribution is -0.144. The number of para-hydroxylation sites is 1. The first-order chi connectivity index (χ1) is 21.9. The maximum Gasteiger partial charge on any atom is 0.347 e. The molecule has 246 valence electrons. The highest BCUT2D eigenvalue weighted by Gasteiger charge is 2.22. The summed E-state index contributed by atoms with van der Waals surface area (Å²) in [6, 6.07) is 15.2. The quantitative estimate of drug-likeness (QED) is 0.0631. The molecule has 3 rings (SSSR count). The van der Waals surface area contributed by atoms with Crippen LogP contribution < -0.4 is 9.47 Å². The molecule has 0 bridgehead atoms. The average molecular weight is 621 g/mol. The number of unbranched alkanes of at least 4 members (excludes halogenated alkanes) is 5. The van der Waals surface area contributed by atoms with Gasteiger partial charge < -0.3 is 18.9 Å². The van der Waals surface area contributed by atoms with Gasteiger partial charge in [-0.1, -0.05) is 50.6 Å². The molecule has 0 spiro atoms. The molecule has 0 aromatic heterocycles. The minimum Gasteiger partial charge on any atom is -0.493 e. The van der Waals surface area contributed by atoms with Crippen LogP contribution in [0.2, 0.25) is 0 Å². The van der Waals surface area contributed by atoms with Gasteiger partial charge in [0.2, 0.25) is 0 Å². The second-order valence-electron chi connectivity index (χ2n) is 12.2. The van der Waals surface area contributed by atoms with E-state index in [4.69, 9.17) is 18.9 Å². The van der Waals surface area contributed by atoms with Gasteiger partial charge in [0.15, 0.2) is 0 Å². The van der Waals surface area contributed by atoms with Crippen LogP contribution in [0.1, 0.15) is 126 Å². The van der Waals surface area contributed by atoms with Crippen LogP contribution in [0.25, 0.3) is 0 Å². The van der Waals surface area contributed by atoms with Gasteiger partial charge in [0.05, 0.1) is 19.8 Å². The van der Waals surface area contributed by atoms with E-state index < -0.39 is 5.97 Å². The SMILES string of the molecule is C=C(C)C(=O)OCCCCCC(=O)OCCCCCCOc1ccccc1C(=O)Oc1ccc(C2CCC(CCC)CC2)cc1. The lowest BCUT2D eigenvalue weighted by Crippen LogP contribution is -2.13. The van der Waals surface area contributed by atoms with Crippen molar-refractivity contribution in [2.45, 2.75) is 110 Å². The van der Waals surface area contributed by atoms with Crippen LogP contribution in [0.4, 0.5) is 0 Å². The molecule has 0 heterocycles. The number of hydrogen-bond acceptors (Lipinski definition) is 7. The van der Waals surface area contributed by atoms with Crippen LogP contribution in [0.5, 0.6) is 11.5 Å². The Morgan fingerprint density at radius 3 is 2.11 bits per heavy atom. The molecular formula is C38H52O7. The summed E-state index contributed by atoms with van der Waals surface area (Å²) in [6.45, 7) is 8.66. The topological polar surface area (TPSA) is 88.1 Å². The summed E-state index contributed by atoms with van der Waals surface area (Å²) in [5.74, 6) is 1.55. The normalized spacial score (nSPS) is 16.0. The highest BCUT2D eigenvalue weighted by molar-refractivity contribution is 5.94. The zero-order valence-corrected chi connectivity index (χ0v) is 27.4. The third-order valence-electron chi connectivity index (χ3n) is 8.38. The average Bonchev–Trinajstić information content (AvgIpc) is 3.04. The van der Waals surface area contributed by atoms with E-state index in [1.807, 2.05) is 24.3 Å². The molecule has 1 aliphatic carbocycles. The fraction of sp³-hybridized carbons (Fsp3) is 0.553. The fourth-order valence-corrected chi connectivity index (χ4v) is 5.76. The van der Waals surface area contributed by atoms with Crippen molar-refractivity contribution in [3.05, 3.63) is 71.8 Å². The van der Waals surface area contributed by atoms with Crippen LogP contribution in [0, 0.1) is 5.92 Å². The number of carbonyl (C=O) groups is 3. The molecule has 7 nitrogen and oxygen atoms in total. The van der Waals surface area contributed by atoms with Crippen LogP contribution in [0.3, 0.4) is 0 Å². The Bertz CT molecular complexity index is 1190. The lowest BCUT2D eigenvalue weighted by Gasteiger charge is -2.28. The predicted molar refractivity (Wildman–Crippen MR) is 177 cm³/mol. The maximum absolute atomic E-state index is 13.0. The minimum atomic E-state index is -0.425. The molecule has 0 atom stereocenters. The Balaban J connectivity index is 1.27. The fourth-order valence-electron chi connectivity index (χ4n) is 5.76. The number of rotatable bonds is 20. The van der Waals surface area contributed by atoms with Crippen molar-refractivity contribution in [3.63, 3.8) is 0 Å². The van der Waals surface area contributed by atoms with Gasteiger partial charge in [-0.05, 0) is 119 Å². The Kier molecular flexibility index (Phi) is 16.3. The van der Waals surface area contributed by atoms with E-state index in [-0.39, 0.29) is 11.9 Å². The van der Waals surface area contributed by atoms with E-state index in [1.165, 1.54) is 44.1 Å². The summed E-state index contributed by atoms with van der Waals surface area (Å²) in [4.78, 5) is 36.2. The van der Waals surface area contributed by atoms with E-state index in [1.54, 1.807) is 19.1 Å². The van der Waals surface area contributed by atoms with Crippen LogP contribution >= 0.6 is 0 Å². The second-order valence-corrected chi connectivity index (χ2v) is 12.2. The smallest absolute Gasteiger partial charge is 0.347 e. The van der Waals surface area contributed by atoms with Gasteiger partial charge in [-0.3, -0.25) is 4.79 Å². The standard InChI is InChI=1S/C38H52O7/c1-4-14-30-18-20-31(21-19-30)32-22-24-33(25-23-32)45-38(41)34-15-9-10-16-35(34)42-26-11-5-6-12-27-43-36(39)17-8-7-13-28-44-37(40)29(2)3/h9-10,15-16,22-25,30-31H,2,4-8,11-14,17-21,26-28H2,1,3H3. The van der Waals surface area contributed by atoms with E-state index in [2.05, 4.69) is 25.6 Å². The Morgan fingerprint density at radius 2 is 1.42 bits per heavy atom. The van der Waals surface area contributed by atoms with Gasteiger partial charge in [0.25, 0.3) is 0 Å². The predicted octanol–water partition coefficient (Wildman–Crippen LogP) is 9.14. The molecule has 0 unspecified atom stereocenters. The van der Waals surface area contributed by atoms with Crippen molar-refractivity contribution in [2.24, 2.45) is 5.92 Å². The van der Waals surface area contributed by atoms with Gasteiger partial charge in [-0.15, -0.1) is 0 Å². The first kappa shape index (κ1) is 35.9. The van der Waals surface area contributed by atoms with Crippen LogP contribution in [-0.4, -0.2) is 37.7 Å². The van der Waals surface area contributed by atoms with Crippen molar-refractivity contribution >= 4 is 17.9 Å². The van der Waals surface area contributed by atoms with Gasteiger partial charge in [-0.25, -0.2) is 9.59 Å². The molecule has 1 aliphatic rings. The first-order valence-corrected chi connectivity index (χ1v) is 16.9. The molecule has 0 N–H and O–H groups in total. The third-order valence-corrected chi connectivity index (χ3v) is 8.38. The summed E-state index contributed by atoms with van der Waals surface area (Å²) < 4.78 is 22.0. The van der Waals surface area contributed by atoms with E-state index in [0.29, 0.717) is 67.6 Å². The highest BCUT2D eigenvalue weighted by Crippen LogP contribution is 2.38. The summed E-state index contributed by atoms with van der Waals surface area (Å²) in [7, 11) is 0. The van der Waals surface area contributed by atoms with Crippen molar-refractivity contribution in [1.82, 2.24) is 0 Å². The molecule has 2 aromatic rings. The minimum absolute atomic E-state index is 0.193. The number of carbonyl (C=O) groups excluding carboxylic acids is 3. The number of ether oxygens (including phenoxy) is 4. The third kappa shape index (κ3) is 13.5. The molecule has 1 fully saturated rings. The van der Waals surface area contributed by atoms with E-state index >= 15 is 0 Å². The van der Waals surface area contributed by atoms with E-state index in [0.717, 1.165) is 38.0 Å². The van der Waals surface area contributed by atoms with Crippen molar-refractivity contribution in [1.29, 1.82) is 0 Å². The van der Waals surface area contributed by atoms with Crippen LogP contribution in [0.15, 0.2) is 60.7 Å². The summed E-state index contributed by atoms with van der Waals surface area (Å²) >= 11 is 0. The molecule has 2 aromatic carbocycles. The zero-order valence-electron chi connectivity index (χ0n) is 27.4. The number of esters is 3. The van der Waals surface area contributed by atoms with Gasteiger partial charge in [0.1, 0.15) is 17.1 Å². The van der Waals surface area contributed by atoms with Crippen molar-refractivity contribution < 1.29 is 33.3 Å². The van der Waals surface area contributed by atoms with Crippen molar-refractivity contribution in [2.75, 3.05) is 19.8 Å². The molecule has 0 amide bonds. The monoisotopic (exact) mass is 620 g/mol. The zero-order chi connectivity index (χ0) is 32.3. The summed E-state index contributed by atoms with van der Waals surface area (Å²) in [6.07, 6.45) is 13.8. The molecule has 7 heteroatoms. The van der Waals surface area contributed by atoms with Crippen molar-refractivity contribution in [3.8, 4) is 11.5 Å². The summed E-state index contributed by atoms with van der Waals surface area (Å²) in [5.41, 5.74) is 2.13. The molecular weight excluding hydrogens is 568 g/mol. The van der Waals surface area contributed by atoms with Gasteiger partial charge >= 0.3 is 17.9 Å². The van der Waals surface area contributed by atoms with Crippen LogP contribution in [-0.2, 0) is 19.1 Å². The molecule has 45 heavy (non-hydrogen) atoms. The summed E-state index contributed by atoms with van der Waals surface area (Å²) in [5, 5.41) is 0. The Labute approximate surface area is 269 Å². The first-order valence-electron chi connectivity index (χ1n) is 16.9. The van der Waals surface area contributed by atoms with Gasteiger partial charge in [0, 0.05) is 12.0 Å². The molecule has 0 saturated heterocycles. The largest absolute Gasteiger partial charge is 0.493 e. The lowest BCUT2D eigenvalue weighted by atomic mass is 9.77. The highest BCUT2D eigenvalue weighted by atomic mass is 16.5. The molecule has 0 aliphatic heterocycles. The Hall–Kier alpha value is -3.61. The Morgan fingerprint density at radius 1 is 0.778 bits per heavy atom. The number of hydrogen-bond donors (Lipinski definition) is 0.